The Hall–Kier alpha value is -2.65. The number of carbonyl (C=O) groups excluding carboxylic acids is 1. The number of benzene rings is 2. The van der Waals surface area contributed by atoms with Crippen LogP contribution in [0.1, 0.15) is 35.3 Å². The fourth-order valence-corrected chi connectivity index (χ4v) is 4.19. The number of halogens is 4. The monoisotopic (exact) mass is 442 g/mol. The van der Waals surface area contributed by atoms with E-state index in [1.54, 1.807) is 25.1 Å². The lowest BCUT2D eigenvalue weighted by Crippen LogP contribution is -2.27. The first-order valence-corrected chi connectivity index (χ1v) is 9.61. The molecule has 0 aliphatic carbocycles. The van der Waals surface area contributed by atoms with Crippen molar-refractivity contribution in [2.75, 3.05) is 0 Å². The van der Waals surface area contributed by atoms with Crippen molar-refractivity contribution in [3.05, 3.63) is 63.4 Å². The molecule has 0 saturated carbocycles. The molecule has 0 aliphatic rings. The van der Waals surface area contributed by atoms with E-state index in [0.29, 0.717) is 15.2 Å². The number of thiazole rings is 1. The molecule has 3 rings (SSSR count). The Morgan fingerprint density at radius 1 is 1.24 bits per heavy atom. The fourth-order valence-electron chi connectivity index (χ4n) is 2.84. The number of fused-ring (bicyclic) bond motifs is 1. The van der Waals surface area contributed by atoms with Crippen LogP contribution in [-0.2, 0) is 11.0 Å². The van der Waals surface area contributed by atoms with Crippen molar-refractivity contribution in [3.8, 4) is 0 Å². The molecule has 10 heteroatoms. The van der Waals surface area contributed by atoms with Gasteiger partial charge in [-0.3, -0.25) is 4.79 Å². The smallest absolute Gasteiger partial charge is 0.416 e. The van der Waals surface area contributed by atoms with Crippen molar-refractivity contribution in [2.24, 2.45) is 4.99 Å². The number of carbonyl (C=O) groups is 2. The van der Waals surface area contributed by atoms with Crippen molar-refractivity contribution in [2.45, 2.75) is 25.6 Å². The van der Waals surface area contributed by atoms with Crippen LogP contribution in [0.5, 0.6) is 0 Å². The van der Waals surface area contributed by atoms with Crippen LogP contribution >= 0.6 is 22.9 Å². The number of carboxylic acid groups (broad SMARTS) is 1. The van der Waals surface area contributed by atoms with Crippen molar-refractivity contribution in [1.82, 2.24) is 4.57 Å². The lowest BCUT2D eigenvalue weighted by molar-refractivity contribution is -0.141. The topological polar surface area (TPSA) is 71.7 Å². The van der Waals surface area contributed by atoms with Gasteiger partial charge in [-0.05, 0) is 42.8 Å². The molecule has 5 nitrogen and oxygen atoms in total. The first kappa shape index (κ1) is 21.1. The van der Waals surface area contributed by atoms with Gasteiger partial charge >= 0.3 is 12.1 Å². The first-order chi connectivity index (χ1) is 13.6. The van der Waals surface area contributed by atoms with E-state index in [1.807, 2.05) is 0 Å². The Morgan fingerprint density at radius 3 is 2.59 bits per heavy atom. The maximum absolute atomic E-state index is 12.9. The molecule has 2 aromatic carbocycles. The van der Waals surface area contributed by atoms with E-state index in [4.69, 9.17) is 11.6 Å². The Labute approximate surface area is 171 Å². The van der Waals surface area contributed by atoms with Crippen molar-refractivity contribution in [3.63, 3.8) is 0 Å². The summed E-state index contributed by atoms with van der Waals surface area (Å²) in [5, 5.41) is 9.99. The Morgan fingerprint density at radius 2 is 1.97 bits per heavy atom. The highest BCUT2D eigenvalue weighted by Gasteiger charge is 2.31. The van der Waals surface area contributed by atoms with Crippen molar-refractivity contribution in [1.29, 1.82) is 0 Å². The third-order valence-corrected chi connectivity index (χ3v) is 5.46. The maximum atomic E-state index is 12.9. The number of alkyl halides is 3. The van der Waals surface area contributed by atoms with E-state index >= 15 is 0 Å². The van der Waals surface area contributed by atoms with Crippen LogP contribution in [0, 0.1) is 0 Å². The van der Waals surface area contributed by atoms with Gasteiger partial charge in [0, 0.05) is 10.6 Å². The van der Waals surface area contributed by atoms with E-state index in [0.717, 1.165) is 29.5 Å². The first-order valence-electron chi connectivity index (χ1n) is 8.41. The highest BCUT2D eigenvalue weighted by atomic mass is 35.5. The fraction of sp³-hybridized carbons (Fsp3) is 0.211. The molecule has 1 aromatic heterocycles. The summed E-state index contributed by atoms with van der Waals surface area (Å²) < 4.78 is 40.8. The molecule has 0 saturated heterocycles. The highest BCUT2D eigenvalue weighted by Crippen LogP contribution is 2.30. The molecule has 0 fully saturated rings. The summed E-state index contributed by atoms with van der Waals surface area (Å²) in [4.78, 5) is 28.3. The number of amides is 1. The summed E-state index contributed by atoms with van der Waals surface area (Å²) in [7, 11) is 0. The van der Waals surface area contributed by atoms with Crippen LogP contribution in [0.15, 0.2) is 47.5 Å². The molecular weight excluding hydrogens is 429 g/mol. The van der Waals surface area contributed by atoms with E-state index < -0.39 is 29.7 Å². The van der Waals surface area contributed by atoms with Gasteiger partial charge in [-0.25, -0.2) is 4.79 Å². The summed E-state index contributed by atoms with van der Waals surface area (Å²) in [5.74, 6) is -2.02. The summed E-state index contributed by atoms with van der Waals surface area (Å²) in [5.41, 5.74) is -0.694. The van der Waals surface area contributed by atoms with Crippen LogP contribution in [0.4, 0.5) is 13.2 Å². The quantitative estimate of drug-likeness (QED) is 0.607. The average Bonchev–Trinajstić information content (AvgIpc) is 2.98. The van der Waals surface area contributed by atoms with Gasteiger partial charge in [-0.2, -0.15) is 18.2 Å². The predicted octanol–water partition coefficient (Wildman–Crippen LogP) is 5.15. The molecule has 152 valence electrons. The van der Waals surface area contributed by atoms with Gasteiger partial charge < -0.3 is 9.67 Å². The van der Waals surface area contributed by atoms with E-state index in [-0.39, 0.29) is 16.8 Å². The minimum atomic E-state index is -4.60. The van der Waals surface area contributed by atoms with E-state index in [2.05, 4.69) is 4.99 Å². The van der Waals surface area contributed by atoms with Gasteiger partial charge in [-0.1, -0.05) is 35.9 Å². The van der Waals surface area contributed by atoms with Crippen LogP contribution in [0.2, 0.25) is 5.02 Å². The lowest BCUT2D eigenvalue weighted by atomic mass is 10.1. The van der Waals surface area contributed by atoms with Gasteiger partial charge in [0.25, 0.3) is 5.91 Å². The number of aliphatic carboxylic acids is 1. The Kier molecular flexibility index (Phi) is 5.81. The van der Waals surface area contributed by atoms with Crippen LogP contribution in [-0.4, -0.2) is 21.6 Å². The molecule has 1 unspecified atom stereocenters. The number of hydrogen-bond donors (Lipinski definition) is 1. The Balaban J connectivity index is 2.19. The summed E-state index contributed by atoms with van der Waals surface area (Å²) in [6, 6.07) is 7.73. The van der Waals surface area contributed by atoms with Crippen LogP contribution in [0.3, 0.4) is 0 Å². The zero-order valence-corrected chi connectivity index (χ0v) is 16.5. The van der Waals surface area contributed by atoms with E-state index in [9.17, 15) is 27.9 Å². The van der Waals surface area contributed by atoms with Gasteiger partial charge in [0.1, 0.15) is 6.04 Å². The number of hydrogen-bond acceptors (Lipinski definition) is 3. The molecule has 1 heterocycles. The van der Waals surface area contributed by atoms with Gasteiger partial charge in [0.05, 0.1) is 15.8 Å². The molecule has 3 aromatic rings. The molecule has 0 spiro atoms. The average molecular weight is 443 g/mol. The molecule has 0 radical (unpaired) electrons. The Bertz CT molecular complexity index is 1170. The molecule has 1 amide bonds. The van der Waals surface area contributed by atoms with Crippen molar-refractivity contribution < 1.29 is 27.9 Å². The minimum absolute atomic E-state index is 0.0685. The van der Waals surface area contributed by atoms with Gasteiger partial charge in [0.15, 0.2) is 4.80 Å². The third kappa shape index (κ3) is 4.35. The molecule has 29 heavy (non-hydrogen) atoms. The highest BCUT2D eigenvalue weighted by molar-refractivity contribution is 7.16. The summed E-state index contributed by atoms with van der Waals surface area (Å²) >= 11 is 7.03. The predicted molar refractivity (Wildman–Crippen MR) is 103 cm³/mol. The number of aromatic nitrogens is 1. The zero-order valence-electron chi connectivity index (χ0n) is 14.9. The SMILES string of the molecule is CCC(C(=O)O)n1c(=NC(=O)c2cccc(C(F)(F)F)c2)sc2cc(Cl)ccc21. The molecular formula is C19H14ClF3N2O3S. The van der Waals surface area contributed by atoms with Crippen LogP contribution < -0.4 is 4.80 Å². The standard InChI is InChI=1S/C19H14ClF3N2O3S/c1-2-13(17(27)28)25-14-7-6-12(20)9-15(14)29-18(25)24-16(26)10-4-3-5-11(8-10)19(21,22)23/h3-9,13H,2H2,1H3,(H,27,28). The second kappa shape index (κ2) is 8.00. The molecule has 0 bridgehead atoms. The zero-order chi connectivity index (χ0) is 21.3. The summed E-state index contributed by atoms with van der Waals surface area (Å²) in [6.45, 7) is 1.67. The minimum Gasteiger partial charge on any atom is -0.480 e. The molecule has 1 atom stereocenters. The lowest BCUT2D eigenvalue weighted by Gasteiger charge is -2.13. The van der Waals surface area contributed by atoms with E-state index in [1.165, 1.54) is 10.6 Å². The van der Waals surface area contributed by atoms with Crippen LogP contribution in [0.25, 0.3) is 10.2 Å². The molecule has 0 aliphatic heterocycles. The normalized spacial score (nSPS) is 13.6. The maximum Gasteiger partial charge on any atom is 0.416 e. The number of rotatable bonds is 4. The number of carboxylic acids is 1. The van der Waals surface area contributed by atoms with Gasteiger partial charge in [-0.15, -0.1) is 0 Å². The second-order valence-electron chi connectivity index (χ2n) is 6.12. The molecule has 1 N–H and O–H groups in total. The van der Waals surface area contributed by atoms with Crippen molar-refractivity contribution >= 4 is 45.0 Å². The second-order valence-corrected chi connectivity index (χ2v) is 7.57. The number of nitrogens with zero attached hydrogens (tertiary/aromatic N) is 2. The summed E-state index contributed by atoms with van der Waals surface area (Å²) in [6.07, 6.45) is -4.38. The largest absolute Gasteiger partial charge is 0.480 e. The third-order valence-electron chi connectivity index (χ3n) is 4.21. The van der Waals surface area contributed by atoms with Gasteiger partial charge in [0.2, 0.25) is 0 Å².